The minimum atomic E-state index is -0.123. The summed E-state index contributed by atoms with van der Waals surface area (Å²) in [6.45, 7) is 4.96. The van der Waals surface area contributed by atoms with E-state index in [9.17, 15) is 4.79 Å². The maximum Gasteiger partial charge on any atom is 0.220 e. The SMILES string of the molecule is CC(C)(CNC(=O)CCc1ccccc1)c1c[nH]c2ccccc12. The maximum absolute atomic E-state index is 12.2. The lowest BCUT2D eigenvalue weighted by Crippen LogP contribution is -2.36. The molecule has 1 aromatic heterocycles. The third-order valence-corrected chi connectivity index (χ3v) is 4.53. The van der Waals surface area contributed by atoms with Gasteiger partial charge in [0.15, 0.2) is 0 Å². The van der Waals surface area contributed by atoms with E-state index in [2.05, 4.69) is 54.6 Å². The molecule has 0 aliphatic heterocycles. The van der Waals surface area contributed by atoms with Crippen molar-refractivity contribution in [2.75, 3.05) is 6.54 Å². The Hall–Kier alpha value is -2.55. The lowest BCUT2D eigenvalue weighted by Gasteiger charge is -2.25. The van der Waals surface area contributed by atoms with E-state index >= 15 is 0 Å². The number of H-pyrrole nitrogens is 1. The van der Waals surface area contributed by atoms with Gasteiger partial charge < -0.3 is 10.3 Å². The number of aryl methyl sites for hydroxylation is 1. The average molecular weight is 320 g/mol. The minimum Gasteiger partial charge on any atom is -0.361 e. The van der Waals surface area contributed by atoms with Gasteiger partial charge in [0, 0.05) is 35.5 Å². The van der Waals surface area contributed by atoms with Crippen LogP contribution in [0.4, 0.5) is 0 Å². The molecule has 0 aliphatic rings. The highest BCUT2D eigenvalue weighted by Gasteiger charge is 2.24. The molecular formula is C21H24N2O. The highest BCUT2D eigenvalue weighted by molar-refractivity contribution is 5.84. The van der Waals surface area contributed by atoms with E-state index in [0.717, 1.165) is 11.9 Å². The van der Waals surface area contributed by atoms with Crippen LogP contribution in [0.15, 0.2) is 60.8 Å². The zero-order valence-electron chi connectivity index (χ0n) is 14.3. The highest BCUT2D eigenvalue weighted by atomic mass is 16.1. The van der Waals surface area contributed by atoms with Gasteiger partial charge in [0.05, 0.1) is 0 Å². The predicted octanol–water partition coefficient (Wildman–Crippen LogP) is 4.19. The lowest BCUT2D eigenvalue weighted by atomic mass is 9.84. The van der Waals surface area contributed by atoms with Crippen LogP contribution in [0.5, 0.6) is 0 Å². The Kier molecular flexibility index (Phi) is 4.70. The molecule has 0 bridgehead atoms. The van der Waals surface area contributed by atoms with Gasteiger partial charge in [-0.15, -0.1) is 0 Å². The van der Waals surface area contributed by atoms with Gasteiger partial charge in [-0.3, -0.25) is 4.79 Å². The second-order valence-electron chi connectivity index (χ2n) is 6.89. The first-order chi connectivity index (χ1) is 11.6. The largest absolute Gasteiger partial charge is 0.361 e. The minimum absolute atomic E-state index is 0.103. The molecule has 0 radical (unpaired) electrons. The Morgan fingerprint density at radius 2 is 1.75 bits per heavy atom. The normalized spacial score (nSPS) is 11.6. The first kappa shape index (κ1) is 16.3. The Morgan fingerprint density at radius 3 is 2.54 bits per heavy atom. The topological polar surface area (TPSA) is 44.9 Å². The number of amides is 1. The zero-order chi connectivity index (χ0) is 17.0. The van der Waals surface area contributed by atoms with Gasteiger partial charge in [0.25, 0.3) is 0 Å². The number of hydrogen-bond donors (Lipinski definition) is 2. The number of benzene rings is 2. The van der Waals surface area contributed by atoms with Crippen molar-refractivity contribution < 1.29 is 4.79 Å². The number of rotatable bonds is 6. The van der Waals surface area contributed by atoms with Gasteiger partial charge in [-0.05, 0) is 23.6 Å². The van der Waals surface area contributed by atoms with Crippen LogP contribution in [0.3, 0.4) is 0 Å². The van der Waals surface area contributed by atoms with Crippen molar-refractivity contribution in [3.63, 3.8) is 0 Å². The lowest BCUT2D eigenvalue weighted by molar-refractivity contribution is -0.121. The molecule has 0 aliphatic carbocycles. The second-order valence-corrected chi connectivity index (χ2v) is 6.89. The van der Waals surface area contributed by atoms with E-state index in [1.807, 2.05) is 30.3 Å². The molecule has 124 valence electrons. The van der Waals surface area contributed by atoms with E-state index in [1.165, 1.54) is 16.5 Å². The molecule has 1 amide bonds. The molecule has 2 N–H and O–H groups in total. The average Bonchev–Trinajstić information content (AvgIpc) is 3.04. The van der Waals surface area contributed by atoms with Gasteiger partial charge in [-0.25, -0.2) is 0 Å². The summed E-state index contributed by atoms with van der Waals surface area (Å²) in [6, 6.07) is 18.4. The number of carbonyl (C=O) groups is 1. The molecule has 24 heavy (non-hydrogen) atoms. The summed E-state index contributed by atoms with van der Waals surface area (Å²) in [5.74, 6) is 0.103. The van der Waals surface area contributed by atoms with E-state index in [0.29, 0.717) is 13.0 Å². The third-order valence-electron chi connectivity index (χ3n) is 4.53. The van der Waals surface area contributed by atoms with Gasteiger partial charge in [-0.1, -0.05) is 62.4 Å². The molecule has 2 aromatic carbocycles. The fourth-order valence-electron chi connectivity index (χ4n) is 3.04. The molecule has 0 unspecified atom stereocenters. The molecule has 0 fully saturated rings. The first-order valence-corrected chi connectivity index (χ1v) is 8.43. The van der Waals surface area contributed by atoms with Crippen molar-refractivity contribution >= 4 is 16.8 Å². The zero-order valence-corrected chi connectivity index (χ0v) is 14.3. The molecule has 0 saturated heterocycles. The smallest absolute Gasteiger partial charge is 0.220 e. The number of carbonyl (C=O) groups excluding carboxylic acids is 1. The molecule has 0 atom stereocenters. The molecule has 1 heterocycles. The van der Waals surface area contributed by atoms with Gasteiger partial charge >= 0.3 is 0 Å². The quantitative estimate of drug-likeness (QED) is 0.702. The number of fused-ring (bicyclic) bond motifs is 1. The predicted molar refractivity (Wildman–Crippen MR) is 99.1 cm³/mol. The fraction of sp³-hybridized carbons (Fsp3) is 0.286. The summed E-state index contributed by atoms with van der Waals surface area (Å²) < 4.78 is 0. The van der Waals surface area contributed by atoms with Crippen LogP contribution in [0.25, 0.3) is 10.9 Å². The van der Waals surface area contributed by atoms with Crippen LogP contribution in [-0.2, 0) is 16.6 Å². The summed E-state index contributed by atoms with van der Waals surface area (Å²) in [4.78, 5) is 15.5. The number of hydrogen-bond acceptors (Lipinski definition) is 1. The standard InChI is InChI=1S/C21H24N2O/c1-21(2,18-14-22-19-11-7-6-10-17(18)19)15-23-20(24)13-12-16-8-4-3-5-9-16/h3-11,14,22H,12-13,15H2,1-2H3,(H,23,24). The summed E-state index contributed by atoms with van der Waals surface area (Å²) in [6.07, 6.45) is 3.36. The van der Waals surface area contributed by atoms with Gasteiger partial charge in [0.2, 0.25) is 5.91 Å². The van der Waals surface area contributed by atoms with Crippen molar-refractivity contribution in [2.24, 2.45) is 0 Å². The number of para-hydroxylation sites is 1. The van der Waals surface area contributed by atoms with Crippen molar-refractivity contribution in [1.29, 1.82) is 0 Å². The number of nitrogens with one attached hydrogen (secondary N) is 2. The Bertz CT molecular complexity index is 818. The van der Waals surface area contributed by atoms with E-state index < -0.39 is 0 Å². The van der Waals surface area contributed by atoms with Crippen molar-refractivity contribution in [2.45, 2.75) is 32.1 Å². The molecule has 3 rings (SSSR count). The highest BCUT2D eigenvalue weighted by Crippen LogP contribution is 2.29. The van der Waals surface area contributed by atoms with Crippen molar-refractivity contribution in [1.82, 2.24) is 10.3 Å². The first-order valence-electron chi connectivity index (χ1n) is 8.43. The molecule has 0 saturated carbocycles. The number of aromatic nitrogens is 1. The van der Waals surface area contributed by atoms with Crippen LogP contribution in [0.1, 0.15) is 31.4 Å². The molecule has 3 nitrogen and oxygen atoms in total. The van der Waals surface area contributed by atoms with Crippen LogP contribution in [-0.4, -0.2) is 17.4 Å². The summed E-state index contributed by atoms with van der Waals surface area (Å²) in [5, 5.41) is 4.32. The second kappa shape index (κ2) is 6.91. The summed E-state index contributed by atoms with van der Waals surface area (Å²) in [5.41, 5.74) is 3.45. The molecular weight excluding hydrogens is 296 g/mol. The summed E-state index contributed by atoms with van der Waals surface area (Å²) >= 11 is 0. The van der Waals surface area contributed by atoms with Crippen LogP contribution >= 0.6 is 0 Å². The van der Waals surface area contributed by atoms with Gasteiger partial charge in [0.1, 0.15) is 0 Å². The van der Waals surface area contributed by atoms with Crippen LogP contribution in [0, 0.1) is 0 Å². The Labute approximate surface area is 143 Å². The van der Waals surface area contributed by atoms with Crippen LogP contribution < -0.4 is 5.32 Å². The van der Waals surface area contributed by atoms with E-state index in [4.69, 9.17) is 0 Å². The monoisotopic (exact) mass is 320 g/mol. The Balaban J connectivity index is 1.59. The number of aromatic amines is 1. The van der Waals surface area contributed by atoms with Gasteiger partial charge in [-0.2, -0.15) is 0 Å². The molecule has 3 aromatic rings. The molecule has 3 heteroatoms. The summed E-state index contributed by atoms with van der Waals surface area (Å²) in [7, 11) is 0. The van der Waals surface area contributed by atoms with E-state index in [-0.39, 0.29) is 11.3 Å². The van der Waals surface area contributed by atoms with Crippen LogP contribution in [0.2, 0.25) is 0 Å². The molecule has 0 spiro atoms. The third kappa shape index (κ3) is 3.67. The fourth-order valence-corrected chi connectivity index (χ4v) is 3.04. The van der Waals surface area contributed by atoms with Crippen molar-refractivity contribution in [3.8, 4) is 0 Å². The van der Waals surface area contributed by atoms with Crippen molar-refractivity contribution in [3.05, 3.63) is 71.9 Å². The maximum atomic E-state index is 12.2. The Morgan fingerprint density at radius 1 is 1.04 bits per heavy atom. The van der Waals surface area contributed by atoms with E-state index in [1.54, 1.807) is 0 Å².